The summed E-state index contributed by atoms with van der Waals surface area (Å²) in [6.45, 7) is 6.41. The van der Waals surface area contributed by atoms with Crippen LogP contribution < -0.4 is 0 Å². The monoisotopic (exact) mass is 1010 g/mol. The molecule has 0 aliphatic heterocycles. The molecule has 0 bridgehead atoms. The second-order valence-corrected chi connectivity index (χ2v) is 19.9. The van der Waals surface area contributed by atoms with Gasteiger partial charge in [0.05, 0.1) is 0 Å². The molecule has 0 saturated heterocycles. The Labute approximate surface area is 450 Å². The third-order valence-corrected chi connectivity index (χ3v) is 12.8. The molecule has 6 nitrogen and oxygen atoms in total. The number of allylic oxidation sites excluding steroid dienone is 18. The maximum Gasteiger partial charge on any atom is 0.306 e. The highest BCUT2D eigenvalue weighted by Gasteiger charge is 2.19. The zero-order chi connectivity index (χ0) is 52.9. The molecule has 0 fully saturated rings. The van der Waals surface area contributed by atoms with Gasteiger partial charge in [-0.15, -0.1) is 0 Å². The minimum Gasteiger partial charge on any atom is -0.462 e. The van der Waals surface area contributed by atoms with Gasteiger partial charge in [0.2, 0.25) is 0 Å². The van der Waals surface area contributed by atoms with Gasteiger partial charge in [0.25, 0.3) is 0 Å². The Morgan fingerprint density at radius 3 is 0.849 bits per heavy atom. The lowest BCUT2D eigenvalue weighted by Gasteiger charge is -2.18. The highest BCUT2D eigenvalue weighted by atomic mass is 16.6. The summed E-state index contributed by atoms with van der Waals surface area (Å²) < 4.78 is 16.7. The molecule has 0 aromatic rings. The molecule has 1 unspecified atom stereocenters. The summed E-state index contributed by atoms with van der Waals surface area (Å²) in [6, 6.07) is 0. The second-order valence-electron chi connectivity index (χ2n) is 19.9. The van der Waals surface area contributed by atoms with E-state index in [0.29, 0.717) is 19.3 Å². The molecule has 0 spiro atoms. The number of esters is 3. The van der Waals surface area contributed by atoms with Gasteiger partial charge in [-0.1, -0.05) is 259 Å². The molecule has 6 heteroatoms. The Balaban J connectivity index is 4.15. The Kier molecular flexibility index (Phi) is 57.4. The maximum atomic E-state index is 12.8. The zero-order valence-electron chi connectivity index (χ0n) is 47.6. The van der Waals surface area contributed by atoms with E-state index in [0.717, 1.165) is 122 Å². The smallest absolute Gasteiger partial charge is 0.306 e. The summed E-state index contributed by atoms with van der Waals surface area (Å²) in [5.74, 6) is -0.937. The molecule has 0 aliphatic carbocycles. The van der Waals surface area contributed by atoms with Gasteiger partial charge in [-0.05, 0) is 109 Å². The normalized spacial score (nSPS) is 12.9. The summed E-state index contributed by atoms with van der Waals surface area (Å²) in [5, 5.41) is 0. The fourth-order valence-corrected chi connectivity index (χ4v) is 8.22. The van der Waals surface area contributed by atoms with Gasteiger partial charge < -0.3 is 14.2 Å². The van der Waals surface area contributed by atoms with E-state index in [9.17, 15) is 14.4 Å². The van der Waals surface area contributed by atoms with E-state index < -0.39 is 6.10 Å². The van der Waals surface area contributed by atoms with E-state index in [1.165, 1.54) is 116 Å². The lowest BCUT2D eigenvalue weighted by molar-refractivity contribution is -0.167. The summed E-state index contributed by atoms with van der Waals surface area (Å²) in [7, 11) is 0. The molecule has 73 heavy (non-hydrogen) atoms. The first kappa shape index (κ1) is 69.1. The van der Waals surface area contributed by atoms with E-state index in [1.807, 2.05) is 0 Å². The van der Waals surface area contributed by atoms with Gasteiger partial charge in [0.15, 0.2) is 6.10 Å². The predicted octanol–water partition coefficient (Wildman–Crippen LogP) is 20.7. The van der Waals surface area contributed by atoms with Crippen LogP contribution in [0.25, 0.3) is 0 Å². The average molecular weight is 1010 g/mol. The Morgan fingerprint density at radius 2 is 0.534 bits per heavy atom. The van der Waals surface area contributed by atoms with Gasteiger partial charge in [0.1, 0.15) is 13.2 Å². The molecular weight excluding hydrogens is 901 g/mol. The van der Waals surface area contributed by atoms with Gasteiger partial charge in [-0.25, -0.2) is 0 Å². The summed E-state index contributed by atoms with van der Waals surface area (Å²) in [5.41, 5.74) is 0. The van der Waals surface area contributed by atoms with E-state index in [1.54, 1.807) is 0 Å². The van der Waals surface area contributed by atoms with Crippen LogP contribution in [0.2, 0.25) is 0 Å². The first-order chi connectivity index (χ1) is 36.0. The molecule has 0 heterocycles. The summed E-state index contributed by atoms with van der Waals surface area (Å²) in [6.07, 6.45) is 82.8. The van der Waals surface area contributed by atoms with Crippen molar-refractivity contribution in [1.82, 2.24) is 0 Å². The molecule has 0 N–H and O–H groups in total. The fraction of sp³-hybridized carbons (Fsp3) is 0.687. The Bertz CT molecular complexity index is 1490. The largest absolute Gasteiger partial charge is 0.462 e. The number of carbonyl (C=O) groups excluding carboxylic acids is 3. The third kappa shape index (κ3) is 58.8. The third-order valence-electron chi connectivity index (χ3n) is 12.8. The van der Waals surface area contributed by atoms with Gasteiger partial charge in [0, 0.05) is 19.3 Å². The molecule has 0 aromatic heterocycles. The standard InChI is InChI=1S/C67H112O6/c1-4-7-10-13-15-17-19-21-23-25-27-29-31-33-35-37-39-41-43-45-47-49-51-54-57-60-66(69)72-63-64(62-71-65(68)59-56-53-12-9-6-3)73-67(70)61-58-55-52-50-48-46-44-42-40-38-36-34-32-30-28-26-24-22-20-18-16-14-11-8-5-2/h7,10,15,17,20-23,26-29,33,35,39,41,45,47,64H,4-6,8-9,11-14,16,18-19,24-25,30-32,34,36-38,40,42-44,46,48-63H2,1-3H3/b10-7-,17-15-,22-20-,23-21-,28-26-,29-27-,35-33-,41-39-,47-45-. The van der Waals surface area contributed by atoms with E-state index in [-0.39, 0.29) is 31.1 Å². The van der Waals surface area contributed by atoms with E-state index in [4.69, 9.17) is 14.2 Å². The first-order valence-electron chi connectivity index (χ1n) is 30.4. The highest BCUT2D eigenvalue weighted by molar-refractivity contribution is 5.71. The number of hydrogen-bond acceptors (Lipinski definition) is 6. The SMILES string of the molecule is CC/C=C\C/C=C\C/C=C\C/C=C\C/C=C\C/C=C\C/C=C\CCCCCC(=O)OCC(COC(=O)CCCCCCC)OC(=O)CCCCCCCCCCCCCCC/C=C\C/C=C\CCCCCCC. The van der Waals surface area contributed by atoms with Crippen molar-refractivity contribution in [2.45, 2.75) is 284 Å². The van der Waals surface area contributed by atoms with Crippen LogP contribution >= 0.6 is 0 Å². The van der Waals surface area contributed by atoms with E-state index >= 15 is 0 Å². The number of rotatable bonds is 54. The maximum absolute atomic E-state index is 12.8. The molecule has 0 rings (SSSR count). The van der Waals surface area contributed by atoms with Gasteiger partial charge in [-0.3, -0.25) is 14.4 Å². The fourth-order valence-electron chi connectivity index (χ4n) is 8.22. The summed E-state index contributed by atoms with van der Waals surface area (Å²) in [4.78, 5) is 37.9. The van der Waals surface area contributed by atoms with Crippen LogP contribution in [0, 0.1) is 0 Å². The van der Waals surface area contributed by atoms with Crippen molar-refractivity contribution in [3.63, 3.8) is 0 Å². The van der Waals surface area contributed by atoms with Crippen LogP contribution in [0.3, 0.4) is 0 Å². The van der Waals surface area contributed by atoms with Crippen LogP contribution in [0.15, 0.2) is 109 Å². The number of hydrogen-bond donors (Lipinski definition) is 0. The number of unbranched alkanes of at least 4 members (excludes halogenated alkanes) is 25. The van der Waals surface area contributed by atoms with Crippen molar-refractivity contribution in [3.05, 3.63) is 109 Å². The number of carbonyl (C=O) groups is 3. The minimum absolute atomic E-state index is 0.0903. The van der Waals surface area contributed by atoms with Crippen LogP contribution in [0.4, 0.5) is 0 Å². The Hall–Kier alpha value is -3.93. The zero-order valence-corrected chi connectivity index (χ0v) is 47.6. The molecule has 0 amide bonds. The molecular formula is C67H112O6. The van der Waals surface area contributed by atoms with Gasteiger partial charge >= 0.3 is 17.9 Å². The Morgan fingerprint density at radius 1 is 0.288 bits per heavy atom. The van der Waals surface area contributed by atoms with Gasteiger partial charge in [-0.2, -0.15) is 0 Å². The summed E-state index contributed by atoms with van der Waals surface area (Å²) >= 11 is 0. The van der Waals surface area contributed by atoms with Crippen LogP contribution in [-0.2, 0) is 28.6 Å². The average Bonchev–Trinajstić information content (AvgIpc) is 3.39. The van der Waals surface area contributed by atoms with Crippen LogP contribution in [0.1, 0.15) is 278 Å². The van der Waals surface area contributed by atoms with Crippen molar-refractivity contribution >= 4 is 17.9 Å². The molecule has 1 atom stereocenters. The molecule has 0 aromatic carbocycles. The van der Waals surface area contributed by atoms with Crippen molar-refractivity contribution in [2.75, 3.05) is 13.2 Å². The molecule has 0 saturated carbocycles. The lowest BCUT2D eigenvalue weighted by atomic mass is 10.0. The van der Waals surface area contributed by atoms with Crippen molar-refractivity contribution in [1.29, 1.82) is 0 Å². The van der Waals surface area contributed by atoms with Crippen LogP contribution in [0.5, 0.6) is 0 Å². The molecule has 416 valence electrons. The van der Waals surface area contributed by atoms with Crippen molar-refractivity contribution in [2.24, 2.45) is 0 Å². The quantitative estimate of drug-likeness (QED) is 0.0261. The highest BCUT2D eigenvalue weighted by Crippen LogP contribution is 2.15. The van der Waals surface area contributed by atoms with Crippen molar-refractivity contribution in [3.8, 4) is 0 Å². The number of ether oxygens (including phenoxy) is 3. The van der Waals surface area contributed by atoms with E-state index in [2.05, 4.69) is 130 Å². The first-order valence-corrected chi connectivity index (χ1v) is 30.4. The molecule has 0 radical (unpaired) electrons. The van der Waals surface area contributed by atoms with Crippen molar-refractivity contribution < 1.29 is 28.6 Å². The second kappa shape index (κ2) is 60.6. The van der Waals surface area contributed by atoms with Crippen LogP contribution in [-0.4, -0.2) is 37.2 Å². The topological polar surface area (TPSA) is 78.9 Å². The lowest BCUT2D eigenvalue weighted by Crippen LogP contribution is -2.30. The predicted molar refractivity (Wildman–Crippen MR) is 316 cm³/mol. The molecule has 0 aliphatic rings. The minimum atomic E-state index is -0.791.